The Labute approximate surface area is 107 Å². The number of carbonyl (C=O) groups excluding carboxylic acids is 2. The van der Waals surface area contributed by atoms with E-state index < -0.39 is 6.09 Å². The molecule has 0 aliphatic carbocycles. The molecule has 1 heterocycles. The highest BCUT2D eigenvalue weighted by molar-refractivity contribution is 5.87. The quantitative estimate of drug-likeness (QED) is 0.807. The van der Waals surface area contributed by atoms with Crippen LogP contribution in [-0.4, -0.2) is 29.9 Å². The van der Waals surface area contributed by atoms with Gasteiger partial charge in [-0.25, -0.2) is 4.79 Å². The van der Waals surface area contributed by atoms with Gasteiger partial charge in [0.05, 0.1) is 6.54 Å². The Morgan fingerprint density at radius 1 is 1.39 bits per heavy atom. The summed E-state index contributed by atoms with van der Waals surface area (Å²) in [7, 11) is 0. The number of amides is 1. The first kappa shape index (κ1) is 12.6. The second kappa shape index (κ2) is 5.21. The Balaban J connectivity index is 2.02. The summed E-state index contributed by atoms with van der Waals surface area (Å²) in [6, 6.07) is 7.48. The number of hydrogen-bond acceptors (Lipinski definition) is 3. The van der Waals surface area contributed by atoms with Crippen LogP contribution in [-0.2, 0) is 4.79 Å². The molecule has 1 saturated heterocycles. The molecule has 0 unspecified atom stereocenters. The van der Waals surface area contributed by atoms with E-state index in [1.807, 2.05) is 18.2 Å². The van der Waals surface area contributed by atoms with Gasteiger partial charge >= 0.3 is 6.09 Å². The Morgan fingerprint density at radius 3 is 2.78 bits per heavy atom. The van der Waals surface area contributed by atoms with Gasteiger partial charge < -0.3 is 9.64 Å². The van der Waals surface area contributed by atoms with Crippen molar-refractivity contribution in [3.63, 3.8) is 0 Å². The molecular formula is C14H17NO3. The molecule has 4 heteroatoms. The van der Waals surface area contributed by atoms with Gasteiger partial charge in [0.2, 0.25) is 0 Å². The highest BCUT2D eigenvalue weighted by atomic mass is 16.6. The number of ether oxygens (including phenoxy) is 1. The zero-order valence-corrected chi connectivity index (χ0v) is 10.7. The highest BCUT2D eigenvalue weighted by Gasteiger charge is 2.25. The Bertz CT molecular complexity index is 468. The lowest BCUT2D eigenvalue weighted by Gasteiger charge is -2.15. The van der Waals surface area contributed by atoms with E-state index in [4.69, 9.17) is 4.74 Å². The van der Waals surface area contributed by atoms with Crippen LogP contribution >= 0.6 is 0 Å². The van der Waals surface area contributed by atoms with Gasteiger partial charge in [-0.05, 0) is 23.6 Å². The average molecular weight is 247 g/mol. The van der Waals surface area contributed by atoms with E-state index in [1.54, 1.807) is 6.07 Å². The molecule has 0 bridgehead atoms. The predicted octanol–water partition coefficient (Wildman–Crippen LogP) is 2.58. The van der Waals surface area contributed by atoms with E-state index in [0.717, 1.165) is 5.56 Å². The summed E-state index contributed by atoms with van der Waals surface area (Å²) in [6.07, 6.45) is -0.0111. The minimum absolute atomic E-state index is 0.0860. The van der Waals surface area contributed by atoms with Gasteiger partial charge in [-0.3, -0.25) is 4.79 Å². The van der Waals surface area contributed by atoms with Crippen molar-refractivity contribution in [3.05, 3.63) is 29.8 Å². The summed E-state index contributed by atoms with van der Waals surface area (Å²) in [5, 5.41) is 0. The lowest BCUT2D eigenvalue weighted by molar-refractivity contribution is -0.116. The highest BCUT2D eigenvalue weighted by Crippen LogP contribution is 2.21. The van der Waals surface area contributed by atoms with Crippen LogP contribution in [0.4, 0.5) is 4.79 Å². The second-order valence-electron chi connectivity index (χ2n) is 4.81. The van der Waals surface area contributed by atoms with Crippen molar-refractivity contribution in [1.29, 1.82) is 0 Å². The number of hydrogen-bond donors (Lipinski definition) is 0. The molecule has 1 aromatic rings. The molecule has 0 N–H and O–H groups in total. The molecular weight excluding hydrogens is 230 g/mol. The molecule has 4 nitrogen and oxygen atoms in total. The van der Waals surface area contributed by atoms with Crippen LogP contribution < -0.4 is 4.74 Å². The molecule has 1 aliphatic rings. The monoisotopic (exact) mass is 247 g/mol. The van der Waals surface area contributed by atoms with E-state index >= 15 is 0 Å². The van der Waals surface area contributed by atoms with Gasteiger partial charge in [-0.1, -0.05) is 26.0 Å². The number of likely N-dealkylation sites (tertiary alicyclic amines) is 1. The van der Waals surface area contributed by atoms with Gasteiger partial charge in [0.15, 0.2) is 5.78 Å². The minimum Gasteiger partial charge on any atom is -0.410 e. The zero-order valence-electron chi connectivity index (χ0n) is 10.7. The summed E-state index contributed by atoms with van der Waals surface area (Å²) in [5.74, 6) is 1.01. The Hall–Kier alpha value is -1.84. The van der Waals surface area contributed by atoms with Gasteiger partial charge in [-0.2, -0.15) is 0 Å². The smallest absolute Gasteiger partial charge is 0.410 e. The van der Waals surface area contributed by atoms with Gasteiger partial charge in [0, 0.05) is 13.0 Å². The molecule has 0 saturated carbocycles. The van der Waals surface area contributed by atoms with E-state index in [9.17, 15) is 9.59 Å². The largest absolute Gasteiger partial charge is 0.415 e. The third-order valence-corrected chi connectivity index (χ3v) is 3.02. The van der Waals surface area contributed by atoms with Crippen molar-refractivity contribution in [1.82, 2.24) is 4.90 Å². The average Bonchev–Trinajstić information content (AvgIpc) is 2.76. The van der Waals surface area contributed by atoms with Crippen molar-refractivity contribution < 1.29 is 14.3 Å². The zero-order chi connectivity index (χ0) is 13.1. The van der Waals surface area contributed by atoms with Crippen LogP contribution in [0.1, 0.15) is 31.7 Å². The third kappa shape index (κ3) is 2.88. The molecule has 2 rings (SSSR count). The van der Waals surface area contributed by atoms with Crippen LogP contribution in [0.25, 0.3) is 0 Å². The Morgan fingerprint density at radius 2 is 2.17 bits per heavy atom. The fourth-order valence-electron chi connectivity index (χ4n) is 1.89. The van der Waals surface area contributed by atoms with Crippen molar-refractivity contribution >= 4 is 11.9 Å². The molecule has 18 heavy (non-hydrogen) atoms. The van der Waals surface area contributed by atoms with Crippen LogP contribution in [0.3, 0.4) is 0 Å². The maximum Gasteiger partial charge on any atom is 0.415 e. The lowest BCUT2D eigenvalue weighted by Crippen LogP contribution is -2.31. The molecule has 1 amide bonds. The fourth-order valence-corrected chi connectivity index (χ4v) is 1.89. The van der Waals surface area contributed by atoms with E-state index in [2.05, 4.69) is 13.8 Å². The molecule has 0 aromatic heterocycles. The standard InChI is InChI=1S/C14H17NO3/c1-10(2)11-4-3-5-13(8-11)18-14(17)15-7-6-12(16)9-15/h3-5,8,10H,6-7,9H2,1-2H3. The second-order valence-corrected chi connectivity index (χ2v) is 4.81. The molecule has 1 fully saturated rings. The normalized spacial score (nSPS) is 15.3. The first-order chi connectivity index (χ1) is 8.56. The van der Waals surface area contributed by atoms with Crippen LogP contribution in [0.5, 0.6) is 5.75 Å². The summed E-state index contributed by atoms with van der Waals surface area (Å²) < 4.78 is 5.27. The number of rotatable bonds is 2. The van der Waals surface area contributed by atoms with Crippen molar-refractivity contribution in [3.8, 4) is 5.75 Å². The SMILES string of the molecule is CC(C)c1cccc(OC(=O)N2CCC(=O)C2)c1. The first-order valence-corrected chi connectivity index (χ1v) is 6.14. The summed E-state index contributed by atoms with van der Waals surface area (Å²) in [4.78, 5) is 24.3. The van der Waals surface area contributed by atoms with Gasteiger partial charge in [-0.15, -0.1) is 0 Å². The summed E-state index contributed by atoms with van der Waals surface area (Å²) in [6.45, 7) is 4.80. The molecule has 0 radical (unpaired) electrons. The number of benzene rings is 1. The van der Waals surface area contributed by atoms with Gasteiger partial charge in [0.1, 0.15) is 5.75 Å². The molecule has 1 aliphatic heterocycles. The maximum atomic E-state index is 11.8. The fraction of sp³-hybridized carbons (Fsp3) is 0.429. The Kier molecular flexibility index (Phi) is 3.65. The van der Waals surface area contributed by atoms with E-state index in [0.29, 0.717) is 24.6 Å². The van der Waals surface area contributed by atoms with Crippen molar-refractivity contribution in [2.24, 2.45) is 0 Å². The third-order valence-electron chi connectivity index (χ3n) is 3.02. The number of nitrogens with zero attached hydrogens (tertiary/aromatic N) is 1. The van der Waals surface area contributed by atoms with Crippen molar-refractivity contribution in [2.45, 2.75) is 26.2 Å². The number of Topliss-reactive ketones (excluding diaryl/α,β-unsaturated/α-hetero) is 1. The molecule has 0 spiro atoms. The van der Waals surface area contributed by atoms with E-state index in [-0.39, 0.29) is 12.3 Å². The topological polar surface area (TPSA) is 46.6 Å². The first-order valence-electron chi connectivity index (χ1n) is 6.14. The number of carbonyl (C=O) groups is 2. The lowest BCUT2D eigenvalue weighted by atomic mass is 10.0. The molecule has 1 aromatic carbocycles. The molecule has 0 atom stereocenters. The number of ketones is 1. The summed E-state index contributed by atoms with van der Waals surface area (Å²) in [5.41, 5.74) is 1.12. The van der Waals surface area contributed by atoms with E-state index in [1.165, 1.54) is 4.90 Å². The van der Waals surface area contributed by atoms with Crippen LogP contribution in [0, 0.1) is 0 Å². The maximum absolute atomic E-state index is 11.8. The van der Waals surface area contributed by atoms with Crippen molar-refractivity contribution in [2.75, 3.05) is 13.1 Å². The van der Waals surface area contributed by atoms with Gasteiger partial charge in [0.25, 0.3) is 0 Å². The summed E-state index contributed by atoms with van der Waals surface area (Å²) >= 11 is 0. The minimum atomic E-state index is -0.443. The van der Waals surface area contributed by atoms with Crippen LogP contribution in [0.2, 0.25) is 0 Å². The van der Waals surface area contributed by atoms with Crippen LogP contribution in [0.15, 0.2) is 24.3 Å². The molecule has 96 valence electrons. The predicted molar refractivity (Wildman–Crippen MR) is 67.8 cm³/mol.